The molecule has 6 atom stereocenters. The van der Waals surface area contributed by atoms with Gasteiger partial charge in [-0.25, -0.2) is 0 Å². The van der Waals surface area contributed by atoms with Crippen LogP contribution in [0.25, 0.3) is 0 Å². The predicted octanol–water partition coefficient (Wildman–Crippen LogP) is 1.71. The second-order valence-electron chi connectivity index (χ2n) is 13.0. The van der Waals surface area contributed by atoms with Crippen LogP contribution in [0.5, 0.6) is 0 Å². The van der Waals surface area contributed by atoms with E-state index in [-0.39, 0.29) is 12.0 Å². The first-order valence-corrected chi connectivity index (χ1v) is 13.8. The number of hydrogen-bond acceptors (Lipinski definition) is 9. The zero-order chi connectivity index (χ0) is 24.8. The average Bonchev–Trinajstić information content (AvgIpc) is 3.42. The van der Waals surface area contributed by atoms with Crippen molar-refractivity contribution >= 4 is 17.9 Å². The number of carbonyl (C=O) groups is 3. The monoisotopic (exact) mass is 503 g/mol. The third-order valence-corrected chi connectivity index (χ3v) is 10.6. The fourth-order valence-corrected chi connectivity index (χ4v) is 9.15. The smallest absolute Gasteiger partial charge is 0.320 e. The maximum Gasteiger partial charge on any atom is 0.320 e. The van der Waals surface area contributed by atoms with Gasteiger partial charge in [-0.1, -0.05) is 0 Å². The van der Waals surface area contributed by atoms with Crippen LogP contribution in [0.1, 0.15) is 52.4 Å². The summed E-state index contributed by atoms with van der Waals surface area (Å²) in [6.45, 7) is 6.74. The maximum absolute atomic E-state index is 13.8. The quantitative estimate of drug-likeness (QED) is 0.396. The molecule has 0 amide bonds. The third-order valence-electron chi connectivity index (χ3n) is 10.6. The summed E-state index contributed by atoms with van der Waals surface area (Å²) in [5.41, 5.74) is -0.634. The SMILES string of the molecule is CC(C)(OC(=O)C1C2OC3C(OC(=O)C31)C2OC(=O)CN1CCOCC1)C12CC3CC(CC(C3)C1)C2. The summed E-state index contributed by atoms with van der Waals surface area (Å²) in [5.74, 6) is -0.556. The summed E-state index contributed by atoms with van der Waals surface area (Å²) in [5, 5.41) is 0. The Bertz CT molecular complexity index is 922. The molecule has 6 bridgehead atoms. The lowest BCUT2D eigenvalue weighted by Gasteiger charge is -2.61. The normalized spacial score (nSPS) is 46.7. The first-order chi connectivity index (χ1) is 17.2. The number of rotatable bonds is 6. The summed E-state index contributed by atoms with van der Waals surface area (Å²) < 4.78 is 29.1. The highest BCUT2D eigenvalue weighted by Crippen LogP contribution is 2.64. The highest BCUT2D eigenvalue weighted by atomic mass is 16.7. The van der Waals surface area contributed by atoms with Gasteiger partial charge in [0.1, 0.15) is 29.6 Å². The molecule has 4 aliphatic heterocycles. The zero-order valence-corrected chi connectivity index (χ0v) is 21.2. The van der Waals surface area contributed by atoms with Crippen molar-refractivity contribution in [3.05, 3.63) is 0 Å². The van der Waals surface area contributed by atoms with Crippen LogP contribution in [0.3, 0.4) is 0 Å². The van der Waals surface area contributed by atoms with E-state index in [1.54, 1.807) is 0 Å². The van der Waals surface area contributed by atoms with Crippen molar-refractivity contribution in [1.29, 1.82) is 0 Å². The van der Waals surface area contributed by atoms with Crippen LogP contribution in [0.15, 0.2) is 0 Å². The minimum atomic E-state index is -0.810. The molecule has 4 saturated carbocycles. The molecule has 8 rings (SSSR count). The summed E-state index contributed by atoms with van der Waals surface area (Å²) in [7, 11) is 0. The minimum Gasteiger partial charge on any atom is -0.459 e. The Morgan fingerprint density at radius 2 is 1.64 bits per heavy atom. The van der Waals surface area contributed by atoms with E-state index in [9.17, 15) is 14.4 Å². The van der Waals surface area contributed by atoms with Crippen LogP contribution in [0.2, 0.25) is 0 Å². The fraction of sp³-hybridized carbons (Fsp3) is 0.889. The van der Waals surface area contributed by atoms with Gasteiger partial charge in [0.2, 0.25) is 0 Å². The van der Waals surface area contributed by atoms with Gasteiger partial charge in [0, 0.05) is 18.5 Å². The van der Waals surface area contributed by atoms with Gasteiger partial charge >= 0.3 is 17.9 Å². The van der Waals surface area contributed by atoms with Gasteiger partial charge in [-0.2, -0.15) is 0 Å². The molecular formula is C27H37NO8. The highest BCUT2D eigenvalue weighted by molar-refractivity contribution is 5.87. The van der Waals surface area contributed by atoms with Crippen molar-refractivity contribution in [3.63, 3.8) is 0 Å². The van der Waals surface area contributed by atoms with Crippen molar-refractivity contribution < 1.29 is 38.1 Å². The van der Waals surface area contributed by atoms with E-state index in [0.29, 0.717) is 26.3 Å². The molecule has 0 N–H and O–H groups in total. The van der Waals surface area contributed by atoms with E-state index in [1.807, 2.05) is 4.90 Å². The van der Waals surface area contributed by atoms with Crippen LogP contribution < -0.4 is 0 Å². The number of esters is 3. The number of nitrogens with zero attached hydrogens (tertiary/aromatic N) is 1. The molecule has 8 fully saturated rings. The molecule has 36 heavy (non-hydrogen) atoms. The van der Waals surface area contributed by atoms with E-state index in [0.717, 1.165) is 37.0 Å². The molecule has 0 aromatic carbocycles. The van der Waals surface area contributed by atoms with Gasteiger partial charge in [-0.15, -0.1) is 0 Å². The van der Waals surface area contributed by atoms with Gasteiger partial charge in [-0.05, 0) is 70.1 Å². The number of morpholine rings is 1. The molecule has 9 heteroatoms. The van der Waals surface area contributed by atoms with Crippen LogP contribution in [0.4, 0.5) is 0 Å². The molecule has 9 nitrogen and oxygen atoms in total. The second-order valence-corrected chi connectivity index (χ2v) is 13.0. The predicted molar refractivity (Wildman–Crippen MR) is 123 cm³/mol. The first kappa shape index (κ1) is 23.4. The molecule has 8 aliphatic rings. The van der Waals surface area contributed by atoms with Crippen molar-refractivity contribution in [2.24, 2.45) is 35.0 Å². The largest absolute Gasteiger partial charge is 0.459 e. The van der Waals surface area contributed by atoms with Crippen LogP contribution in [-0.2, 0) is 38.1 Å². The van der Waals surface area contributed by atoms with Gasteiger partial charge in [0.05, 0.1) is 19.8 Å². The molecule has 198 valence electrons. The summed E-state index contributed by atoms with van der Waals surface area (Å²) in [4.78, 5) is 41.2. The molecule has 0 radical (unpaired) electrons. The molecule has 4 heterocycles. The number of carbonyl (C=O) groups excluding carboxylic acids is 3. The van der Waals surface area contributed by atoms with Gasteiger partial charge in [-0.3, -0.25) is 19.3 Å². The topological polar surface area (TPSA) is 101 Å². The number of ether oxygens (including phenoxy) is 5. The Morgan fingerprint density at radius 1 is 1.00 bits per heavy atom. The number of hydrogen-bond donors (Lipinski definition) is 0. The van der Waals surface area contributed by atoms with Crippen LogP contribution >= 0.6 is 0 Å². The van der Waals surface area contributed by atoms with Crippen molar-refractivity contribution in [3.8, 4) is 0 Å². The molecule has 0 spiro atoms. The molecule has 6 unspecified atom stereocenters. The first-order valence-electron chi connectivity index (χ1n) is 13.8. The molecule has 4 saturated heterocycles. The molecule has 0 aromatic rings. The Balaban J connectivity index is 1.07. The zero-order valence-electron chi connectivity index (χ0n) is 21.2. The van der Waals surface area contributed by atoms with E-state index < -0.39 is 59.8 Å². The summed E-state index contributed by atoms with van der Waals surface area (Å²) in [6, 6.07) is 0. The standard InChI is InChI=1S/C27H37NO8/c1-26(2,27-10-14-7-15(11-27)9-16(8-14)12-27)36-25(31)19-18-20-23(35-24(18)30)22(21(19)34-20)33-17(29)13-28-3-5-32-6-4-28/h14-16,18-23H,3-13H2,1-2H3. The van der Waals surface area contributed by atoms with Gasteiger partial charge < -0.3 is 23.7 Å². The maximum atomic E-state index is 13.8. The molecular weight excluding hydrogens is 466 g/mol. The van der Waals surface area contributed by atoms with Crippen molar-refractivity contribution in [2.75, 3.05) is 32.8 Å². The van der Waals surface area contributed by atoms with E-state index in [1.165, 1.54) is 19.3 Å². The van der Waals surface area contributed by atoms with E-state index in [4.69, 9.17) is 23.7 Å². The average molecular weight is 504 g/mol. The van der Waals surface area contributed by atoms with Gasteiger partial charge in [0.25, 0.3) is 0 Å². The Hall–Kier alpha value is -1.71. The van der Waals surface area contributed by atoms with Crippen molar-refractivity contribution in [2.45, 2.75) is 82.4 Å². The molecule has 4 aliphatic carbocycles. The summed E-state index contributed by atoms with van der Waals surface area (Å²) in [6.07, 6.45) is 4.57. The Morgan fingerprint density at radius 3 is 2.28 bits per heavy atom. The fourth-order valence-electron chi connectivity index (χ4n) is 9.15. The molecule has 0 aromatic heterocycles. The summed E-state index contributed by atoms with van der Waals surface area (Å²) >= 11 is 0. The lowest BCUT2D eigenvalue weighted by Crippen LogP contribution is -2.58. The second kappa shape index (κ2) is 8.14. The van der Waals surface area contributed by atoms with Gasteiger partial charge in [0.15, 0.2) is 12.2 Å². The van der Waals surface area contributed by atoms with E-state index in [2.05, 4.69) is 13.8 Å². The highest BCUT2D eigenvalue weighted by Gasteiger charge is 2.72. The van der Waals surface area contributed by atoms with Crippen LogP contribution in [0, 0.1) is 35.0 Å². The Kier molecular flexibility index (Phi) is 5.29. The van der Waals surface area contributed by atoms with Crippen LogP contribution in [-0.4, -0.2) is 85.7 Å². The Labute approximate surface area is 211 Å². The lowest BCUT2D eigenvalue weighted by atomic mass is 9.46. The van der Waals surface area contributed by atoms with E-state index >= 15 is 0 Å². The third kappa shape index (κ3) is 3.48. The minimum absolute atomic E-state index is 0.00136. The van der Waals surface area contributed by atoms with Crippen molar-refractivity contribution in [1.82, 2.24) is 4.90 Å². The lowest BCUT2D eigenvalue weighted by molar-refractivity contribution is -0.205. The number of fused-ring (bicyclic) bond motifs is 1.